The van der Waals surface area contributed by atoms with Gasteiger partial charge in [-0.05, 0) is 24.4 Å². The first-order valence-corrected chi connectivity index (χ1v) is 6.63. The van der Waals surface area contributed by atoms with E-state index in [9.17, 15) is 20.2 Å². The lowest BCUT2D eigenvalue weighted by molar-refractivity contribution is -0.394. The van der Waals surface area contributed by atoms with Crippen molar-refractivity contribution in [1.82, 2.24) is 0 Å². The highest BCUT2D eigenvalue weighted by molar-refractivity contribution is 7.11. The summed E-state index contributed by atoms with van der Waals surface area (Å²) in [6.07, 6.45) is 1.52. The van der Waals surface area contributed by atoms with Gasteiger partial charge in [-0.3, -0.25) is 25.7 Å². The van der Waals surface area contributed by atoms with Crippen LogP contribution in [0.2, 0.25) is 0 Å². The number of aryl methyl sites for hydroxylation is 1. The Kier molecular flexibility index (Phi) is 4.24. The Balaban J connectivity index is 2.32. The number of rotatable bonds is 5. The summed E-state index contributed by atoms with van der Waals surface area (Å²) in [5, 5.41) is 27.6. The zero-order valence-electron chi connectivity index (χ0n) is 10.8. The molecule has 0 aliphatic rings. The maximum absolute atomic E-state index is 11.0. The molecule has 0 aliphatic heterocycles. The number of thiophene rings is 1. The molecule has 0 spiro atoms. The van der Waals surface area contributed by atoms with E-state index in [0.717, 1.165) is 10.9 Å². The molecule has 0 aliphatic carbocycles. The van der Waals surface area contributed by atoms with Crippen molar-refractivity contribution in [2.45, 2.75) is 6.92 Å². The first kappa shape index (κ1) is 14.6. The van der Waals surface area contributed by atoms with Crippen molar-refractivity contribution in [2.24, 2.45) is 5.10 Å². The Labute approximate surface area is 123 Å². The first-order valence-electron chi connectivity index (χ1n) is 5.75. The molecule has 0 saturated heterocycles. The van der Waals surface area contributed by atoms with Crippen LogP contribution < -0.4 is 5.43 Å². The number of nitro groups is 2. The van der Waals surface area contributed by atoms with Crippen LogP contribution in [0.5, 0.6) is 0 Å². The minimum absolute atomic E-state index is 0.107. The largest absolute Gasteiger partial charge is 0.301 e. The van der Waals surface area contributed by atoms with E-state index in [4.69, 9.17) is 0 Å². The van der Waals surface area contributed by atoms with Crippen LogP contribution in [-0.2, 0) is 0 Å². The molecule has 0 saturated carbocycles. The van der Waals surface area contributed by atoms with Crippen LogP contribution in [0.15, 0.2) is 34.7 Å². The molecule has 0 amide bonds. The SMILES string of the molecule is Cc1cc(N/N=C/c2cccs2)c([N+](=O)[O-])cc1[N+](=O)[O-]. The highest BCUT2D eigenvalue weighted by Gasteiger charge is 2.22. The Morgan fingerprint density at radius 3 is 2.52 bits per heavy atom. The third kappa shape index (κ3) is 3.39. The molecular formula is C12H10N4O4S. The van der Waals surface area contributed by atoms with Crippen LogP contribution in [-0.4, -0.2) is 16.1 Å². The summed E-state index contributed by atoms with van der Waals surface area (Å²) < 4.78 is 0. The molecule has 2 aromatic rings. The van der Waals surface area contributed by atoms with Gasteiger partial charge in [-0.25, -0.2) is 0 Å². The number of nitro benzene ring substituents is 2. The molecule has 0 unspecified atom stereocenters. The van der Waals surface area contributed by atoms with Gasteiger partial charge in [-0.1, -0.05) is 6.07 Å². The summed E-state index contributed by atoms with van der Waals surface area (Å²) in [4.78, 5) is 21.3. The Bertz CT molecular complexity index is 712. The van der Waals surface area contributed by atoms with E-state index in [0.29, 0.717) is 5.56 Å². The van der Waals surface area contributed by atoms with Crippen LogP contribution >= 0.6 is 11.3 Å². The number of nitrogens with one attached hydrogen (secondary N) is 1. The van der Waals surface area contributed by atoms with E-state index < -0.39 is 15.5 Å². The van der Waals surface area contributed by atoms with Gasteiger partial charge < -0.3 is 0 Å². The van der Waals surface area contributed by atoms with Crippen molar-refractivity contribution in [1.29, 1.82) is 0 Å². The van der Waals surface area contributed by atoms with Crippen molar-refractivity contribution in [3.8, 4) is 0 Å². The van der Waals surface area contributed by atoms with Gasteiger partial charge in [0.15, 0.2) is 0 Å². The third-order valence-electron chi connectivity index (χ3n) is 2.63. The maximum atomic E-state index is 11.0. The molecule has 108 valence electrons. The second-order valence-corrected chi connectivity index (χ2v) is 5.03. The minimum Gasteiger partial charge on any atom is -0.272 e. The molecule has 0 atom stereocenters. The minimum atomic E-state index is -0.685. The number of hydrogen-bond acceptors (Lipinski definition) is 7. The highest BCUT2D eigenvalue weighted by atomic mass is 32.1. The van der Waals surface area contributed by atoms with Gasteiger partial charge in [0.2, 0.25) is 0 Å². The van der Waals surface area contributed by atoms with E-state index in [1.165, 1.54) is 30.5 Å². The summed E-state index contributed by atoms with van der Waals surface area (Å²) in [5.41, 5.74) is 2.29. The van der Waals surface area contributed by atoms with Gasteiger partial charge in [0.25, 0.3) is 5.69 Å². The van der Waals surface area contributed by atoms with Gasteiger partial charge in [-0.2, -0.15) is 5.10 Å². The van der Waals surface area contributed by atoms with E-state index in [2.05, 4.69) is 10.5 Å². The summed E-state index contributed by atoms with van der Waals surface area (Å²) in [7, 11) is 0. The summed E-state index contributed by atoms with van der Waals surface area (Å²) in [5.74, 6) is 0. The van der Waals surface area contributed by atoms with Gasteiger partial charge in [0.05, 0.1) is 22.1 Å². The smallest absolute Gasteiger partial charge is 0.272 e. The standard InChI is InChI=1S/C12H10N4O4S/c1-8-5-10(14-13-7-9-3-2-4-21-9)12(16(19)20)6-11(8)15(17)18/h2-7,14H,1H3/b13-7+. The Hall–Kier alpha value is -2.81. The van der Waals surface area contributed by atoms with Gasteiger partial charge in [0.1, 0.15) is 5.69 Å². The van der Waals surface area contributed by atoms with Crippen molar-refractivity contribution in [3.05, 3.63) is 60.3 Å². The number of nitrogens with zero attached hydrogens (tertiary/aromatic N) is 3. The fourth-order valence-corrected chi connectivity index (χ4v) is 2.24. The van der Waals surface area contributed by atoms with E-state index in [1.807, 2.05) is 17.5 Å². The third-order valence-corrected chi connectivity index (χ3v) is 3.43. The first-order chi connectivity index (χ1) is 9.99. The lowest BCUT2D eigenvalue weighted by atomic mass is 10.1. The van der Waals surface area contributed by atoms with Crippen molar-refractivity contribution in [2.75, 3.05) is 5.43 Å². The van der Waals surface area contributed by atoms with Crippen LogP contribution in [0.4, 0.5) is 17.1 Å². The van der Waals surface area contributed by atoms with Crippen LogP contribution in [0, 0.1) is 27.2 Å². The van der Waals surface area contributed by atoms with Crippen LogP contribution in [0.1, 0.15) is 10.4 Å². The fraction of sp³-hybridized carbons (Fsp3) is 0.0833. The molecular weight excluding hydrogens is 296 g/mol. The van der Waals surface area contributed by atoms with Crippen molar-refractivity contribution in [3.63, 3.8) is 0 Å². The van der Waals surface area contributed by atoms with E-state index >= 15 is 0 Å². The Morgan fingerprint density at radius 1 is 1.24 bits per heavy atom. The Morgan fingerprint density at radius 2 is 1.95 bits per heavy atom. The lowest BCUT2D eigenvalue weighted by Crippen LogP contribution is -2.00. The summed E-state index contributed by atoms with van der Waals surface area (Å²) in [6, 6.07) is 5.95. The molecule has 1 aromatic carbocycles. The normalized spacial score (nSPS) is 10.7. The second kappa shape index (κ2) is 6.09. The van der Waals surface area contributed by atoms with Gasteiger partial charge in [-0.15, -0.1) is 11.3 Å². The van der Waals surface area contributed by atoms with Gasteiger partial charge >= 0.3 is 5.69 Å². The van der Waals surface area contributed by atoms with Crippen molar-refractivity contribution < 1.29 is 9.85 Å². The van der Waals surface area contributed by atoms with Crippen LogP contribution in [0.3, 0.4) is 0 Å². The number of hydrogen-bond donors (Lipinski definition) is 1. The van der Waals surface area contributed by atoms with Gasteiger partial charge in [0, 0.05) is 10.4 Å². The molecule has 0 radical (unpaired) electrons. The average molecular weight is 306 g/mol. The predicted molar refractivity (Wildman–Crippen MR) is 80.0 cm³/mol. The molecule has 1 N–H and O–H groups in total. The van der Waals surface area contributed by atoms with Crippen molar-refractivity contribution >= 4 is 34.6 Å². The zero-order valence-corrected chi connectivity index (χ0v) is 11.7. The molecule has 2 rings (SSSR count). The summed E-state index contributed by atoms with van der Waals surface area (Å²) in [6.45, 7) is 1.51. The number of benzene rings is 1. The highest BCUT2D eigenvalue weighted by Crippen LogP contribution is 2.32. The second-order valence-electron chi connectivity index (χ2n) is 4.06. The maximum Gasteiger partial charge on any atom is 0.301 e. The van der Waals surface area contributed by atoms with E-state index in [-0.39, 0.29) is 11.4 Å². The fourth-order valence-electron chi connectivity index (χ4n) is 1.65. The quantitative estimate of drug-likeness (QED) is 0.517. The average Bonchev–Trinajstić information content (AvgIpc) is 2.91. The zero-order chi connectivity index (χ0) is 15.4. The number of hydrazone groups is 1. The molecule has 0 bridgehead atoms. The molecule has 1 heterocycles. The molecule has 8 nitrogen and oxygen atoms in total. The molecule has 0 fully saturated rings. The molecule has 1 aromatic heterocycles. The molecule has 9 heteroatoms. The molecule has 21 heavy (non-hydrogen) atoms. The monoisotopic (exact) mass is 306 g/mol. The number of anilines is 1. The van der Waals surface area contributed by atoms with Crippen LogP contribution in [0.25, 0.3) is 0 Å². The summed E-state index contributed by atoms with van der Waals surface area (Å²) >= 11 is 1.47. The predicted octanol–water partition coefficient (Wildman–Crippen LogP) is 3.32. The van der Waals surface area contributed by atoms with E-state index in [1.54, 1.807) is 0 Å². The topological polar surface area (TPSA) is 111 Å². The lowest BCUT2D eigenvalue weighted by Gasteiger charge is -2.04.